The van der Waals surface area contributed by atoms with E-state index in [0.29, 0.717) is 18.3 Å². The van der Waals surface area contributed by atoms with E-state index in [4.69, 9.17) is 4.98 Å². The number of fused-ring (bicyclic) bond motifs is 4. The Morgan fingerprint density at radius 3 is 2.67 bits per heavy atom. The second kappa shape index (κ2) is 8.73. The van der Waals surface area contributed by atoms with Gasteiger partial charge in [0.1, 0.15) is 17.7 Å². The molecule has 6 rings (SSSR count). The molecule has 1 atom stereocenters. The number of carbonyl (C=O) groups excluding carboxylic acids is 1. The van der Waals surface area contributed by atoms with Crippen molar-refractivity contribution >= 4 is 35.3 Å². The molecule has 36 heavy (non-hydrogen) atoms. The molecule has 1 spiro atoms. The number of hydrogen-bond donors (Lipinski definition) is 2. The first-order valence-corrected chi connectivity index (χ1v) is 13.2. The fourth-order valence-corrected chi connectivity index (χ4v) is 6.18. The molecule has 0 aromatic carbocycles. The summed E-state index contributed by atoms with van der Waals surface area (Å²) in [4.78, 5) is 34.0. The van der Waals surface area contributed by atoms with Crippen LogP contribution in [-0.4, -0.2) is 76.1 Å². The highest BCUT2D eigenvalue weighted by Crippen LogP contribution is 2.43. The zero-order valence-corrected chi connectivity index (χ0v) is 21.5. The van der Waals surface area contributed by atoms with Crippen molar-refractivity contribution < 1.29 is 4.79 Å². The SMILES string of the molecule is CN1CCN(c2ccc(Nc3ncc4c(n3)N3C(C=C4)C(=O)NCC34CCCCC4)nc2)CC1(C)C. The molecule has 1 unspecified atom stereocenters. The van der Waals surface area contributed by atoms with Gasteiger partial charge in [0.05, 0.1) is 17.4 Å². The molecule has 0 bridgehead atoms. The van der Waals surface area contributed by atoms with Crippen LogP contribution < -0.4 is 20.4 Å². The highest BCUT2D eigenvalue weighted by Gasteiger charge is 2.49. The van der Waals surface area contributed by atoms with Crippen LogP contribution >= 0.6 is 0 Å². The highest BCUT2D eigenvalue weighted by molar-refractivity contribution is 5.93. The van der Waals surface area contributed by atoms with Gasteiger partial charge in [0.25, 0.3) is 0 Å². The summed E-state index contributed by atoms with van der Waals surface area (Å²) in [7, 11) is 2.19. The van der Waals surface area contributed by atoms with E-state index in [-0.39, 0.29) is 23.0 Å². The van der Waals surface area contributed by atoms with Crippen molar-refractivity contribution in [2.45, 2.75) is 63.1 Å². The summed E-state index contributed by atoms with van der Waals surface area (Å²) in [5.41, 5.74) is 2.12. The second-order valence-electron chi connectivity index (χ2n) is 11.3. The van der Waals surface area contributed by atoms with Crippen LogP contribution in [0.15, 0.2) is 30.6 Å². The number of carbonyl (C=O) groups is 1. The topological polar surface area (TPSA) is 89.5 Å². The molecule has 9 nitrogen and oxygen atoms in total. The maximum atomic E-state index is 12.8. The Bertz CT molecular complexity index is 1170. The lowest BCUT2D eigenvalue weighted by atomic mass is 9.77. The Morgan fingerprint density at radius 2 is 1.92 bits per heavy atom. The number of anilines is 4. The zero-order chi connectivity index (χ0) is 24.9. The summed E-state index contributed by atoms with van der Waals surface area (Å²) < 4.78 is 0. The Kier molecular flexibility index (Phi) is 5.63. The summed E-state index contributed by atoms with van der Waals surface area (Å²) in [5.74, 6) is 2.10. The minimum atomic E-state index is -0.322. The summed E-state index contributed by atoms with van der Waals surface area (Å²) in [6.45, 7) is 8.21. The summed E-state index contributed by atoms with van der Waals surface area (Å²) in [6.07, 6.45) is 13.5. The lowest BCUT2D eigenvalue weighted by Gasteiger charge is -2.54. The third-order valence-electron chi connectivity index (χ3n) is 8.59. The molecule has 2 aromatic heterocycles. The molecular formula is C27H36N8O. The highest BCUT2D eigenvalue weighted by atomic mass is 16.2. The van der Waals surface area contributed by atoms with Crippen molar-refractivity contribution in [2.24, 2.45) is 0 Å². The quantitative estimate of drug-likeness (QED) is 0.681. The number of nitrogens with one attached hydrogen (secondary N) is 2. The van der Waals surface area contributed by atoms with Crippen LogP contribution in [-0.2, 0) is 4.79 Å². The molecule has 1 saturated carbocycles. The number of likely N-dealkylation sites (N-methyl/N-ethyl adjacent to an activating group) is 1. The van der Waals surface area contributed by atoms with Crippen molar-refractivity contribution in [3.05, 3.63) is 36.2 Å². The van der Waals surface area contributed by atoms with Crippen LogP contribution in [0.2, 0.25) is 0 Å². The number of pyridine rings is 1. The maximum Gasteiger partial charge on any atom is 0.246 e. The third kappa shape index (κ3) is 3.99. The average molecular weight is 489 g/mol. The van der Waals surface area contributed by atoms with Crippen LogP contribution in [0.3, 0.4) is 0 Å². The predicted octanol–water partition coefficient (Wildman–Crippen LogP) is 3.18. The normalized spacial score (nSPS) is 24.8. The van der Waals surface area contributed by atoms with Gasteiger partial charge in [0.2, 0.25) is 11.9 Å². The molecule has 2 N–H and O–H groups in total. The van der Waals surface area contributed by atoms with E-state index in [1.54, 1.807) is 0 Å². The Labute approximate surface area is 213 Å². The second-order valence-corrected chi connectivity index (χ2v) is 11.3. The Hall–Kier alpha value is -3.20. The lowest BCUT2D eigenvalue weighted by molar-refractivity contribution is -0.123. The number of amides is 1. The molecule has 3 fully saturated rings. The van der Waals surface area contributed by atoms with Crippen molar-refractivity contribution in [3.8, 4) is 0 Å². The monoisotopic (exact) mass is 488 g/mol. The van der Waals surface area contributed by atoms with Crippen molar-refractivity contribution in [1.29, 1.82) is 0 Å². The standard InChI is InChI=1S/C27H36N8O/c1-26(2)18-34(14-13-33(26)3)20-8-10-22(28-16-20)31-25-29-15-19-7-9-21-24(36)30-17-27(11-5-4-6-12-27)35(21)23(19)32-25/h7-10,15-16,21H,4-6,11-14,17-18H2,1-3H3,(H,30,36)(H,28,29,31,32). The number of piperazine rings is 2. The fourth-order valence-electron chi connectivity index (χ4n) is 6.18. The zero-order valence-electron chi connectivity index (χ0n) is 21.5. The Balaban J connectivity index is 1.24. The van der Waals surface area contributed by atoms with Gasteiger partial charge in [-0.15, -0.1) is 0 Å². The van der Waals surface area contributed by atoms with Gasteiger partial charge in [-0.2, -0.15) is 4.98 Å². The largest absolute Gasteiger partial charge is 0.367 e. The number of hydrogen-bond acceptors (Lipinski definition) is 8. The van der Waals surface area contributed by atoms with Gasteiger partial charge in [-0.05, 0) is 45.9 Å². The molecule has 1 aliphatic carbocycles. The van der Waals surface area contributed by atoms with Gasteiger partial charge in [-0.3, -0.25) is 9.69 Å². The van der Waals surface area contributed by atoms with Crippen LogP contribution in [0.1, 0.15) is 51.5 Å². The van der Waals surface area contributed by atoms with Crippen LogP contribution in [0.25, 0.3) is 6.08 Å². The van der Waals surface area contributed by atoms with E-state index in [1.165, 1.54) is 19.3 Å². The molecule has 190 valence electrons. The van der Waals surface area contributed by atoms with Crippen LogP contribution in [0, 0.1) is 0 Å². The number of nitrogens with zero attached hydrogens (tertiary/aromatic N) is 6. The van der Waals surface area contributed by atoms with Gasteiger partial charge in [0, 0.05) is 43.5 Å². The minimum Gasteiger partial charge on any atom is -0.367 e. The molecule has 0 radical (unpaired) electrons. The van der Waals surface area contributed by atoms with E-state index in [0.717, 1.165) is 49.5 Å². The average Bonchev–Trinajstić information content (AvgIpc) is 2.88. The van der Waals surface area contributed by atoms with Crippen molar-refractivity contribution in [3.63, 3.8) is 0 Å². The van der Waals surface area contributed by atoms with Gasteiger partial charge in [-0.1, -0.05) is 31.4 Å². The molecule has 3 aliphatic heterocycles. The molecule has 1 amide bonds. The third-order valence-corrected chi connectivity index (χ3v) is 8.59. The van der Waals surface area contributed by atoms with Crippen molar-refractivity contribution in [2.75, 3.05) is 48.3 Å². The summed E-state index contributed by atoms with van der Waals surface area (Å²) in [6, 6.07) is 3.78. The molecule has 4 aliphatic rings. The van der Waals surface area contributed by atoms with Crippen molar-refractivity contribution in [1.82, 2.24) is 25.2 Å². The Morgan fingerprint density at radius 1 is 1.08 bits per heavy atom. The van der Waals surface area contributed by atoms with E-state index in [2.05, 4.69) is 62.3 Å². The van der Waals surface area contributed by atoms with Gasteiger partial charge in [0.15, 0.2) is 0 Å². The first kappa shape index (κ1) is 23.2. The predicted molar refractivity (Wildman–Crippen MR) is 143 cm³/mol. The molecular weight excluding hydrogens is 452 g/mol. The van der Waals surface area contributed by atoms with Crippen LogP contribution in [0.5, 0.6) is 0 Å². The number of rotatable bonds is 3. The minimum absolute atomic E-state index is 0.0468. The van der Waals surface area contributed by atoms with Crippen LogP contribution in [0.4, 0.5) is 23.3 Å². The molecule has 5 heterocycles. The van der Waals surface area contributed by atoms with Gasteiger partial charge >= 0.3 is 0 Å². The van der Waals surface area contributed by atoms with E-state index in [9.17, 15) is 4.79 Å². The molecule has 9 heteroatoms. The lowest BCUT2D eigenvalue weighted by Crippen LogP contribution is -2.69. The summed E-state index contributed by atoms with van der Waals surface area (Å²) >= 11 is 0. The van der Waals surface area contributed by atoms with E-state index in [1.807, 2.05) is 30.6 Å². The molecule has 2 aromatic rings. The van der Waals surface area contributed by atoms with E-state index >= 15 is 0 Å². The first-order chi connectivity index (χ1) is 17.3. The summed E-state index contributed by atoms with van der Waals surface area (Å²) in [5, 5.41) is 6.45. The first-order valence-electron chi connectivity index (χ1n) is 13.2. The number of aromatic nitrogens is 3. The van der Waals surface area contributed by atoms with Gasteiger partial charge in [-0.25, -0.2) is 9.97 Å². The smallest absolute Gasteiger partial charge is 0.246 e. The molecule has 2 saturated heterocycles. The van der Waals surface area contributed by atoms with E-state index < -0.39 is 0 Å². The fraction of sp³-hybridized carbons (Fsp3) is 0.556. The van der Waals surface area contributed by atoms with Gasteiger partial charge < -0.3 is 20.4 Å². The maximum absolute atomic E-state index is 12.8.